The summed E-state index contributed by atoms with van der Waals surface area (Å²) in [6.45, 7) is 0. The number of nitrogens with zero attached hydrogens (tertiary/aromatic N) is 5. The highest BCUT2D eigenvalue weighted by molar-refractivity contribution is 5.95. The highest BCUT2D eigenvalue weighted by Gasteiger charge is 2.18. The van der Waals surface area contributed by atoms with Gasteiger partial charge in [0.2, 0.25) is 0 Å². The number of hydrogen-bond donors (Lipinski definition) is 4. The maximum Gasteiger partial charge on any atom is 0.161 e. The lowest BCUT2D eigenvalue weighted by Crippen LogP contribution is -1.90. The van der Waals surface area contributed by atoms with Crippen LogP contribution in [-0.4, -0.2) is 40.2 Å². The first-order valence-electron chi connectivity index (χ1n) is 9.96. The van der Waals surface area contributed by atoms with Crippen molar-refractivity contribution < 1.29 is 9.50 Å². The van der Waals surface area contributed by atoms with Crippen LogP contribution in [0.2, 0.25) is 0 Å². The number of halogens is 1. The Morgan fingerprint density at radius 2 is 1.76 bits per heavy atom. The Morgan fingerprint density at radius 3 is 2.61 bits per heavy atom. The van der Waals surface area contributed by atoms with Crippen molar-refractivity contribution in [3.8, 4) is 39.8 Å². The molecule has 0 fully saturated rings. The predicted octanol–water partition coefficient (Wildman–Crippen LogP) is 4.05. The molecule has 6 rings (SSSR count). The number of imidazole rings is 1. The molecule has 6 aromatic rings. The van der Waals surface area contributed by atoms with Gasteiger partial charge in [-0.2, -0.15) is 5.10 Å². The van der Waals surface area contributed by atoms with Crippen LogP contribution < -0.4 is 5.73 Å². The van der Waals surface area contributed by atoms with Gasteiger partial charge in [0, 0.05) is 35.8 Å². The van der Waals surface area contributed by atoms with E-state index >= 15 is 0 Å². The molecule has 9 nitrogen and oxygen atoms in total. The van der Waals surface area contributed by atoms with E-state index in [-0.39, 0.29) is 5.75 Å². The number of H-pyrrole nitrogens is 2. The van der Waals surface area contributed by atoms with Crippen LogP contribution in [0.3, 0.4) is 0 Å². The SMILES string of the molecule is Nc1cncc(-c2ccc3[nH]nc(-c4nc5c(-c6cc(O)cc(F)c6)nccc5[nH]4)c3n2)c1. The summed E-state index contributed by atoms with van der Waals surface area (Å²) in [7, 11) is 0. The van der Waals surface area contributed by atoms with Crippen LogP contribution in [0.15, 0.2) is 61.1 Å². The number of aromatic nitrogens is 7. The summed E-state index contributed by atoms with van der Waals surface area (Å²) in [6.07, 6.45) is 4.86. The second kappa shape index (κ2) is 7.09. The molecule has 5 heterocycles. The van der Waals surface area contributed by atoms with Gasteiger partial charge in [-0.3, -0.25) is 15.1 Å². The molecule has 0 atom stereocenters. The minimum Gasteiger partial charge on any atom is -0.508 e. The zero-order chi connectivity index (χ0) is 22.5. The lowest BCUT2D eigenvalue weighted by Gasteiger charge is -2.03. The molecule has 0 amide bonds. The maximum atomic E-state index is 13.9. The Balaban J connectivity index is 1.51. The number of nitrogens with one attached hydrogen (secondary N) is 2. The molecule has 1 aromatic carbocycles. The van der Waals surface area contributed by atoms with Crippen molar-refractivity contribution in [3.05, 3.63) is 66.9 Å². The van der Waals surface area contributed by atoms with Crippen LogP contribution in [-0.2, 0) is 0 Å². The van der Waals surface area contributed by atoms with Crippen molar-refractivity contribution in [2.45, 2.75) is 0 Å². The summed E-state index contributed by atoms with van der Waals surface area (Å²) in [5.74, 6) is -0.280. The van der Waals surface area contributed by atoms with Gasteiger partial charge in [-0.25, -0.2) is 14.4 Å². The molecule has 33 heavy (non-hydrogen) atoms. The number of rotatable bonds is 3. The number of hydrogen-bond acceptors (Lipinski definition) is 7. The molecule has 0 radical (unpaired) electrons. The molecule has 0 aliphatic heterocycles. The van der Waals surface area contributed by atoms with Crippen LogP contribution in [0.25, 0.3) is 56.1 Å². The van der Waals surface area contributed by atoms with Crippen LogP contribution in [0, 0.1) is 5.82 Å². The van der Waals surface area contributed by atoms with Gasteiger partial charge in [0.15, 0.2) is 11.5 Å². The van der Waals surface area contributed by atoms with Crippen molar-refractivity contribution in [1.29, 1.82) is 0 Å². The average molecular weight is 438 g/mol. The Morgan fingerprint density at radius 1 is 0.879 bits per heavy atom. The number of anilines is 1. The summed E-state index contributed by atoms with van der Waals surface area (Å²) in [5.41, 5.74) is 11.8. The van der Waals surface area contributed by atoms with E-state index < -0.39 is 5.82 Å². The first-order valence-corrected chi connectivity index (χ1v) is 9.96. The minimum absolute atomic E-state index is 0.189. The van der Waals surface area contributed by atoms with Crippen molar-refractivity contribution in [1.82, 2.24) is 35.1 Å². The van der Waals surface area contributed by atoms with Crippen molar-refractivity contribution in [2.75, 3.05) is 5.73 Å². The number of nitrogens with two attached hydrogens (primary N) is 1. The molecular formula is C23H15FN8O. The number of benzene rings is 1. The molecule has 5 aromatic heterocycles. The standard InChI is InChI=1S/C23H15FN8O/c24-13-5-11(7-15(33)8-13)19-20-17(3-4-27-19)29-23(30-20)22-21-18(31-32-22)2-1-16(28-21)12-6-14(25)10-26-9-12/h1-10,33H,25H2,(H,29,30)(H,31,32). The van der Waals surface area contributed by atoms with Crippen LogP contribution in [0.5, 0.6) is 5.75 Å². The smallest absolute Gasteiger partial charge is 0.161 e. The quantitative estimate of drug-likeness (QED) is 0.326. The van der Waals surface area contributed by atoms with E-state index in [1.54, 1.807) is 30.7 Å². The Kier molecular flexibility index (Phi) is 4.06. The van der Waals surface area contributed by atoms with Crippen LogP contribution in [0.4, 0.5) is 10.1 Å². The Hall–Kier alpha value is -4.86. The summed E-state index contributed by atoms with van der Waals surface area (Å²) >= 11 is 0. The first-order chi connectivity index (χ1) is 16.0. The summed E-state index contributed by atoms with van der Waals surface area (Å²) < 4.78 is 13.9. The molecular weight excluding hydrogens is 423 g/mol. The fourth-order valence-electron chi connectivity index (χ4n) is 3.79. The number of aromatic hydroxyl groups is 1. The molecule has 0 bridgehead atoms. The van der Waals surface area contributed by atoms with Gasteiger partial charge in [-0.1, -0.05) is 0 Å². The number of phenols is 1. The monoisotopic (exact) mass is 438 g/mol. The van der Waals surface area contributed by atoms with E-state index in [0.29, 0.717) is 50.7 Å². The summed E-state index contributed by atoms with van der Waals surface area (Å²) in [5, 5.41) is 17.2. The van der Waals surface area contributed by atoms with Gasteiger partial charge in [0.05, 0.1) is 28.1 Å². The molecule has 0 saturated heterocycles. The zero-order valence-electron chi connectivity index (χ0n) is 16.9. The molecule has 0 unspecified atom stereocenters. The molecule has 0 saturated carbocycles. The molecule has 0 aliphatic carbocycles. The molecule has 0 aliphatic rings. The van der Waals surface area contributed by atoms with E-state index in [2.05, 4.69) is 30.1 Å². The first kappa shape index (κ1) is 18.9. The van der Waals surface area contributed by atoms with E-state index in [9.17, 15) is 9.50 Å². The number of phenolic OH excluding ortho intramolecular Hbond substituents is 1. The third kappa shape index (κ3) is 3.21. The normalized spacial score (nSPS) is 11.4. The van der Waals surface area contributed by atoms with Gasteiger partial charge in [-0.05, 0) is 36.4 Å². The molecule has 0 spiro atoms. The van der Waals surface area contributed by atoms with Gasteiger partial charge >= 0.3 is 0 Å². The zero-order valence-corrected chi connectivity index (χ0v) is 16.9. The van der Waals surface area contributed by atoms with Crippen LogP contribution in [0.1, 0.15) is 0 Å². The number of pyridine rings is 3. The Labute approximate surface area is 185 Å². The second-order valence-electron chi connectivity index (χ2n) is 7.51. The fraction of sp³-hybridized carbons (Fsp3) is 0. The minimum atomic E-state index is -0.564. The van der Waals surface area contributed by atoms with E-state index in [1.807, 2.05) is 12.1 Å². The third-order valence-corrected chi connectivity index (χ3v) is 5.24. The highest BCUT2D eigenvalue weighted by atomic mass is 19.1. The topological polar surface area (TPSA) is 142 Å². The lowest BCUT2D eigenvalue weighted by molar-refractivity contribution is 0.469. The fourth-order valence-corrected chi connectivity index (χ4v) is 3.79. The molecule has 160 valence electrons. The Bertz CT molecular complexity index is 1650. The number of aromatic amines is 2. The van der Waals surface area contributed by atoms with Crippen LogP contribution >= 0.6 is 0 Å². The number of fused-ring (bicyclic) bond motifs is 2. The highest BCUT2D eigenvalue weighted by Crippen LogP contribution is 2.32. The third-order valence-electron chi connectivity index (χ3n) is 5.24. The number of nitrogen functional groups attached to an aromatic ring is 1. The molecule has 5 N–H and O–H groups in total. The lowest BCUT2D eigenvalue weighted by atomic mass is 10.1. The van der Waals surface area contributed by atoms with E-state index in [4.69, 9.17) is 10.7 Å². The van der Waals surface area contributed by atoms with Gasteiger partial charge < -0.3 is 15.8 Å². The maximum absolute atomic E-state index is 13.9. The van der Waals surface area contributed by atoms with Crippen molar-refractivity contribution in [2.24, 2.45) is 0 Å². The average Bonchev–Trinajstić information content (AvgIpc) is 3.41. The van der Waals surface area contributed by atoms with Crippen molar-refractivity contribution >= 4 is 27.8 Å². The predicted molar refractivity (Wildman–Crippen MR) is 121 cm³/mol. The molecule has 10 heteroatoms. The van der Waals surface area contributed by atoms with Crippen molar-refractivity contribution in [3.63, 3.8) is 0 Å². The van der Waals surface area contributed by atoms with Gasteiger partial charge in [-0.15, -0.1) is 0 Å². The second-order valence-corrected chi connectivity index (χ2v) is 7.51. The van der Waals surface area contributed by atoms with E-state index in [1.165, 1.54) is 12.1 Å². The van der Waals surface area contributed by atoms with E-state index in [0.717, 1.165) is 17.1 Å². The summed E-state index contributed by atoms with van der Waals surface area (Å²) in [6, 6.07) is 11.1. The van der Waals surface area contributed by atoms with Gasteiger partial charge in [0.1, 0.15) is 22.6 Å². The summed E-state index contributed by atoms with van der Waals surface area (Å²) in [4.78, 5) is 21.2. The van der Waals surface area contributed by atoms with Gasteiger partial charge in [0.25, 0.3) is 0 Å². The largest absolute Gasteiger partial charge is 0.508 e.